The highest BCUT2D eigenvalue weighted by molar-refractivity contribution is 6.05. The van der Waals surface area contributed by atoms with Gasteiger partial charge in [0.25, 0.3) is 5.91 Å². The van der Waals surface area contributed by atoms with Gasteiger partial charge in [0.1, 0.15) is 24.2 Å². The van der Waals surface area contributed by atoms with Crippen molar-refractivity contribution in [2.75, 3.05) is 31.2 Å². The van der Waals surface area contributed by atoms with Gasteiger partial charge in [0.15, 0.2) is 0 Å². The Hall–Kier alpha value is -3.49. The molecule has 0 saturated carbocycles. The second-order valence-electron chi connectivity index (χ2n) is 10.9. The van der Waals surface area contributed by atoms with Gasteiger partial charge in [-0.25, -0.2) is 0 Å². The van der Waals surface area contributed by atoms with Crippen LogP contribution in [0.2, 0.25) is 0 Å². The third kappa shape index (κ3) is 4.36. The molecule has 8 nitrogen and oxygen atoms in total. The normalized spacial score (nSPS) is 28.9. The number of aliphatic hydroxyl groups is 1. The van der Waals surface area contributed by atoms with Crippen molar-refractivity contribution in [3.8, 4) is 0 Å². The Morgan fingerprint density at radius 1 is 1.15 bits per heavy atom. The van der Waals surface area contributed by atoms with E-state index in [4.69, 9.17) is 9.47 Å². The van der Waals surface area contributed by atoms with E-state index in [2.05, 4.69) is 13.2 Å². The van der Waals surface area contributed by atoms with Crippen molar-refractivity contribution in [2.24, 2.45) is 11.8 Å². The topological polar surface area (TPSA) is 96.4 Å². The number of carbonyl (C=O) groups excluding carboxylic acids is 3. The third-order valence-corrected chi connectivity index (χ3v) is 8.54. The molecule has 0 radical (unpaired) electrons. The summed E-state index contributed by atoms with van der Waals surface area (Å²) < 4.78 is 12.1. The summed E-state index contributed by atoms with van der Waals surface area (Å²) in [4.78, 5) is 45.1. The van der Waals surface area contributed by atoms with Crippen LogP contribution in [0.1, 0.15) is 32.6 Å². The van der Waals surface area contributed by atoms with E-state index in [9.17, 15) is 19.5 Å². The number of benzene rings is 2. The van der Waals surface area contributed by atoms with Crippen LogP contribution in [0.5, 0.6) is 0 Å². The lowest BCUT2D eigenvalue weighted by Crippen LogP contribution is -2.56. The second-order valence-corrected chi connectivity index (χ2v) is 10.9. The van der Waals surface area contributed by atoms with E-state index in [1.165, 1.54) is 6.08 Å². The Morgan fingerprint density at radius 2 is 1.92 bits per heavy atom. The van der Waals surface area contributed by atoms with Gasteiger partial charge in [0, 0.05) is 25.4 Å². The van der Waals surface area contributed by atoms with E-state index in [0.29, 0.717) is 31.4 Å². The maximum absolute atomic E-state index is 14.6. The predicted octanol–water partition coefficient (Wildman–Crippen LogP) is 3.63. The summed E-state index contributed by atoms with van der Waals surface area (Å²) in [6.45, 7) is 9.89. The van der Waals surface area contributed by atoms with E-state index in [-0.39, 0.29) is 38.1 Å². The lowest BCUT2D eigenvalue weighted by molar-refractivity contribution is -0.158. The van der Waals surface area contributed by atoms with E-state index < -0.39 is 35.0 Å². The monoisotopic (exact) mass is 532 g/mol. The first kappa shape index (κ1) is 27.1. The molecule has 2 aromatic carbocycles. The minimum Gasteiger partial charge on any atom is -0.461 e. The number of esters is 1. The highest BCUT2D eigenvalue weighted by Gasteiger charge is 2.78. The van der Waals surface area contributed by atoms with E-state index in [1.807, 2.05) is 49.4 Å². The van der Waals surface area contributed by atoms with Gasteiger partial charge >= 0.3 is 5.97 Å². The largest absolute Gasteiger partial charge is 0.461 e. The average molecular weight is 533 g/mol. The van der Waals surface area contributed by atoms with Crippen molar-refractivity contribution in [1.82, 2.24) is 4.90 Å². The third-order valence-electron chi connectivity index (χ3n) is 8.54. The molecule has 5 atom stereocenters. The van der Waals surface area contributed by atoms with Gasteiger partial charge in [0.05, 0.1) is 11.5 Å². The molecular weight excluding hydrogens is 496 g/mol. The lowest BCUT2D eigenvalue weighted by atomic mass is 9.66. The van der Waals surface area contributed by atoms with E-state index in [1.54, 1.807) is 15.9 Å². The van der Waals surface area contributed by atoms with E-state index in [0.717, 1.165) is 10.8 Å². The summed E-state index contributed by atoms with van der Waals surface area (Å²) in [5.41, 5.74) is -1.35. The SMILES string of the molecule is C=CCOC(=O)[C@H]1[C@H]2C(=O)N(CCCCO)C(C(=O)N(CC=C)c3ccc4ccccc4c3)C23CC[C@]1(C)O3. The van der Waals surface area contributed by atoms with Gasteiger partial charge in [0.2, 0.25) is 5.91 Å². The average Bonchev–Trinajstić information content (AvgIpc) is 3.50. The predicted molar refractivity (Wildman–Crippen MR) is 148 cm³/mol. The zero-order chi connectivity index (χ0) is 27.8. The number of carbonyl (C=O) groups is 3. The molecule has 3 aliphatic heterocycles. The summed E-state index contributed by atoms with van der Waals surface area (Å²) in [5.74, 6) is -2.68. The lowest BCUT2D eigenvalue weighted by Gasteiger charge is -2.37. The molecule has 2 amide bonds. The number of hydrogen-bond acceptors (Lipinski definition) is 6. The first-order valence-electron chi connectivity index (χ1n) is 13.6. The molecule has 2 aromatic rings. The smallest absolute Gasteiger partial charge is 0.313 e. The van der Waals surface area contributed by atoms with Crippen molar-refractivity contribution in [3.05, 3.63) is 67.8 Å². The quantitative estimate of drug-likeness (QED) is 0.270. The van der Waals surface area contributed by atoms with Gasteiger partial charge in [-0.3, -0.25) is 14.4 Å². The van der Waals surface area contributed by atoms with Crippen molar-refractivity contribution in [2.45, 2.75) is 49.9 Å². The molecule has 2 bridgehead atoms. The molecular formula is C31H36N2O6. The van der Waals surface area contributed by atoms with Gasteiger partial charge in [-0.2, -0.15) is 0 Å². The molecule has 39 heavy (non-hydrogen) atoms. The summed E-state index contributed by atoms with van der Waals surface area (Å²) in [7, 11) is 0. The van der Waals surface area contributed by atoms with Crippen LogP contribution in [-0.2, 0) is 23.9 Å². The zero-order valence-corrected chi connectivity index (χ0v) is 22.4. The molecule has 0 aliphatic carbocycles. The Labute approximate surface area is 228 Å². The standard InChI is InChI=1S/C31H36N2O6/c1-4-16-32(23-13-12-21-10-6-7-11-22(21)20-23)28(36)26-31-15-14-30(3,39-31)25(29(37)38-19-5-2)24(31)27(35)33(26)17-8-9-18-34/h4-7,10-13,20,24-26,34H,1-2,8-9,14-19H2,3H3/t24-,25+,26?,30-,31?/m0/s1. The molecule has 2 unspecified atom stereocenters. The van der Waals surface area contributed by atoms with Crippen LogP contribution in [0.25, 0.3) is 10.8 Å². The summed E-state index contributed by atoms with van der Waals surface area (Å²) in [5, 5.41) is 11.4. The molecule has 0 aromatic heterocycles. The maximum atomic E-state index is 14.6. The van der Waals surface area contributed by atoms with Crippen molar-refractivity contribution in [3.63, 3.8) is 0 Å². The highest BCUT2D eigenvalue weighted by atomic mass is 16.6. The fourth-order valence-corrected chi connectivity index (χ4v) is 6.87. The van der Waals surface area contributed by atoms with Crippen LogP contribution in [-0.4, -0.2) is 71.3 Å². The number of amides is 2. The number of fused-ring (bicyclic) bond motifs is 2. The fraction of sp³-hybridized carbons (Fsp3) is 0.452. The maximum Gasteiger partial charge on any atom is 0.313 e. The Kier molecular flexibility index (Phi) is 7.35. The highest BCUT2D eigenvalue weighted by Crippen LogP contribution is 2.63. The first-order valence-corrected chi connectivity index (χ1v) is 13.6. The van der Waals surface area contributed by atoms with Gasteiger partial charge in [-0.15, -0.1) is 6.58 Å². The van der Waals surface area contributed by atoms with Crippen LogP contribution in [0.3, 0.4) is 0 Å². The summed E-state index contributed by atoms with van der Waals surface area (Å²) in [6.07, 6.45) is 5.19. The zero-order valence-electron chi connectivity index (χ0n) is 22.4. The number of anilines is 1. The van der Waals surface area contributed by atoms with Crippen molar-refractivity contribution < 1.29 is 29.0 Å². The second kappa shape index (κ2) is 10.6. The number of unbranched alkanes of at least 4 members (excludes halogenated alkanes) is 1. The van der Waals surface area contributed by atoms with Crippen LogP contribution in [0.15, 0.2) is 67.8 Å². The molecule has 3 fully saturated rings. The van der Waals surface area contributed by atoms with E-state index >= 15 is 0 Å². The summed E-state index contributed by atoms with van der Waals surface area (Å²) in [6, 6.07) is 12.8. The molecule has 5 rings (SSSR count). The van der Waals surface area contributed by atoms with Crippen LogP contribution < -0.4 is 4.90 Å². The number of hydrogen-bond donors (Lipinski definition) is 1. The molecule has 206 valence electrons. The molecule has 1 N–H and O–H groups in total. The number of nitrogens with zero attached hydrogens (tertiary/aromatic N) is 2. The Balaban J connectivity index is 1.57. The Bertz CT molecular complexity index is 1310. The van der Waals surface area contributed by atoms with Crippen molar-refractivity contribution >= 4 is 34.2 Å². The fourth-order valence-electron chi connectivity index (χ4n) is 6.87. The number of ether oxygens (including phenoxy) is 2. The Morgan fingerprint density at radius 3 is 2.64 bits per heavy atom. The first-order chi connectivity index (χ1) is 18.8. The minimum atomic E-state index is -1.14. The minimum absolute atomic E-state index is 0.0139. The number of rotatable bonds is 11. The van der Waals surface area contributed by atoms with Crippen LogP contribution >= 0.6 is 0 Å². The number of aliphatic hydroxyl groups excluding tert-OH is 1. The molecule has 3 aliphatic rings. The molecule has 1 spiro atoms. The number of likely N-dealkylation sites (tertiary alicyclic amines) is 1. The van der Waals surface area contributed by atoms with Gasteiger partial charge < -0.3 is 24.4 Å². The molecule has 3 saturated heterocycles. The molecule has 3 heterocycles. The molecule has 8 heteroatoms. The summed E-state index contributed by atoms with van der Waals surface area (Å²) >= 11 is 0. The van der Waals surface area contributed by atoms with Gasteiger partial charge in [-0.1, -0.05) is 49.1 Å². The van der Waals surface area contributed by atoms with Crippen LogP contribution in [0.4, 0.5) is 5.69 Å². The van der Waals surface area contributed by atoms with Crippen LogP contribution in [0, 0.1) is 11.8 Å². The van der Waals surface area contributed by atoms with Gasteiger partial charge in [-0.05, 0) is 55.5 Å². The van der Waals surface area contributed by atoms with Crippen molar-refractivity contribution in [1.29, 1.82) is 0 Å².